The van der Waals surface area contributed by atoms with Crippen LogP contribution in [-0.4, -0.2) is 48.9 Å². The van der Waals surface area contributed by atoms with Crippen LogP contribution >= 0.6 is 0 Å². The van der Waals surface area contributed by atoms with E-state index < -0.39 is 0 Å². The van der Waals surface area contributed by atoms with Gasteiger partial charge in [-0.15, -0.1) is 0 Å². The number of nitrogens with two attached hydrogens (primary N) is 1. The average molecular weight is 221 g/mol. The maximum atomic E-state index is 5.24. The lowest BCUT2D eigenvalue weighted by molar-refractivity contribution is -0.210. The molecule has 0 aliphatic rings. The number of aliphatic imine (C=N–C) groups is 1. The molecule has 0 aliphatic heterocycles. The van der Waals surface area contributed by atoms with Crippen molar-refractivity contribution in [3.63, 3.8) is 0 Å². The third kappa shape index (κ3) is 2.75. The number of guanidine groups is 1. The van der Waals surface area contributed by atoms with Crippen LogP contribution in [0.15, 0.2) is 28.4 Å². The summed E-state index contributed by atoms with van der Waals surface area (Å²) in [6.45, 7) is 0. The smallest absolute Gasteiger partial charge is 0.244 e. The fourth-order valence-electron chi connectivity index (χ4n) is 1.28. The van der Waals surface area contributed by atoms with Gasteiger partial charge in [-0.1, -0.05) is 0 Å². The van der Waals surface area contributed by atoms with Crippen molar-refractivity contribution in [1.82, 2.24) is 14.8 Å². The van der Waals surface area contributed by atoms with E-state index in [1.165, 1.54) is 0 Å². The first kappa shape index (κ1) is 12.1. The van der Waals surface area contributed by atoms with Gasteiger partial charge in [-0.3, -0.25) is 0 Å². The van der Waals surface area contributed by atoms with E-state index in [9.17, 15) is 0 Å². The predicted octanol–water partition coefficient (Wildman–Crippen LogP) is 0.0351. The first-order chi connectivity index (χ1) is 7.56. The first-order valence-corrected chi connectivity index (χ1v) is 4.85. The number of hydrogen-bond donors (Lipinski definition) is 1. The summed E-state index contributed by atoms with van der Waals surface area (Å²) < 4.78 is 0. The third-order valence-electron chi connectivity index (χ3n) is 1.91. The zero-order chi connectivity index (χ0) is 12.1. The van der Waals surface area contributed by atoms with Crippen LogP contribution in [0.3, 0.4) is 0 Å². The Balaban J connectivity index is 3.17. The molecule has 0 fully saturated rings. The van der Waals surface area contributed by atoms with Crippen molar-refractivity contribution in [3.05, 3.63) is 18.3 Å². The Morgan fingerprint density at radius 3 is 2.38 bits per heavy atom. The van der Waals surface area contributed by atoms with Crippen molar-refractivity contribution in [2.75, 3.05) is 28.2 Å². The van der Waals surface area contributed by atoms with Crippen molar-refractivity contribution < 1.29 is 5.53 Å². The highest BCUT2D eigenvalue weighted by Gasteiger charge is 2.08. The van der Waals surface area contributed by atoms with Crippen LogP contribution in [0.2, 0.25) is 0 Å². The molecule has 86 valence electrons. The summed E-state index contributed by atoms with van der Waals surface area (Å²) >= 11 is 0. The standard InChI is InChI=1S/C10H16N6/c1-15(2)10(16(3)4)13-8-6-5-7-12-9(8)14-11/h5-7,11H,1-4H3/p+1. The SMILES string of the molecule is CN(C)C(=Nc1cccnc1N=[NH2+])N(C)C. The van der Waals surface area contributed by atoms with Gasteiger partial charge in [-0.25, -0.2) is 9.98 Å². The van der Waals surface area contributed by atoms with E-state index in [1.54, 1.807) is 12.3 Å². The maximum Gasteiger partial charge on any atom is 0.244 e. The molecule has 0 spiro atoms. The summed E-state index contributed by atoms with van der Waals surface area (Å²) in [6.07, 6.45) is 1.63. The average Bonchev–Trinajstić information content (AvgIpc) is 2.25. The molecule has 0 aromatic carbocycles. The first-order valence-electron chi connectivity index (χ1n) is 4.85. The van der Waals surface area contributed by atoms with Crippen LogP contribution < -0.4 is 5.53 Å². The lowest BCUT2D eigenvalue weighted by Gasteiger charge is -2.22. The second-order valence-electron chi connectivity index (χ2n) is 3.68. The highest BCUT2D eigenvalue weighted by molar-refractivity contribution is 5.83. The number of aromatic nitrogens is 1. The van der Waals surface area contributed by atoms with Gasteiger partial charge in [0.15, 0.2) is 0 Å². The molecule has 0 aliphatic carbocycles. The Labute approximate surface area is 95.1 Å². The highest BCUT2D eigenvalue weighted by Crippen LogP contribution is 2.23. The Hall–Kier alpha value is -1.98. The summed E-state index contributed by atoms with van der Waals surface area (Å²) in [5.74, 6) is 1.24. The minimum Gasteiger partial charge on any atom is -0.349 e. The largest absolute Gasteiger partial charge is 0.349 e. The van der Waals surface area contributed by atoms with Gasteiger partial charge in [-0.2, -0.15) is 5.53 Å². The van der Waals surface area contributed by atoms with E-state index in [4.69, 9.17) is 5.53 Å². The maximum absolute atomic E-state index is 5.24. The van der Waals surface area contributed by atoms with Gasteiger partial charge in [0.1, 0.15) is 5.69 Å². The fraction of sp³-hybridized carbons (Fsp3) is 0.400. The molecule has 1 rings (SSSR count). The molecule has 1 heterocycles. The van der Waals surface area contributed by atoms with Gasteiger partial charge >= 0.3 is 0 Å². The number of pyridine rings is 1. The molecule has 0 amide bonds. The number of nitrogens with zero attached hydrogens (tertiary/aromatic N) is 5. The zero-order valence-corrected chi connectivity index (χ0v) is 10.0. The molecule has 0 atom stereocenters. The molecule has 0 radical (unpaired) electrons. The van der Waals surface area contributed by atoms with Crippen LogP contribution in [0, 0.1) is 0 Å². The van der Waals surface area contributed by atoms with Crippen LogP contribution in [0.4, 0.5) is 11.5 Å². The van der Waals surface area contributed by atoms with Crippen LogP contribution in [0.1, 0.15) is 0 Å². The topological polar surface area (TPSA) is 69.7 Å². The summed E-state index contributed by atoms with van der Waals surface area (Å²) in [5.41, 5.74) is 5.90. The van der Waals surface area contributed by atoms with Crippen molar-refractivity contribution in [2.24, 2.45) is 10.1 Å². The van der Waals surface area contributed by atoms with E-state index in [0.29, 0.717) is 11.5 Å². The van der Waals surface area contributed by atoms with Gasteiger partial charge in [0.05, 0.1) is 0 Å². The van der Waals surface area contributed by atoms with Crippen LogP contribution in [0.5, 0.6) is 0 Å². The quantitative estimate of drug-likeness (QED) is 0.435. The van der Waals surface area contributed by atoms with E-state index in [2.05, 4.69) is 15.1 Å². The van der Waals surface area contributed by atoms with Crippen molar-refractivity contribution in [3.8, 4) is 0 Å². The molecule has 6 heteroatoms. The summed E-state index contributed by atoms with van der Waals surface area (Å²) in [4.78, 5) is 12.3. The van der Waals surface area contributed by atoms with Crippen LogP contribution in [-0.2, 0) is 0 Å². The molecule has 0 unspecified atom stereocenters. The summed E-state index contributed by atoms with van der Waals surface area (Å²) in [6, 6.07) is 3.63. The minimum absolute atomic E-state index is 0.434. The van der Waals surface area contributed by atoms with Gasteiger partial charge in [0.25, 0.3) is 0 Å². The Morgan fingerprint density at radius 1 is 1.25 bits per heavy atom. The Bertz CT molecular complexity index is 386. The molecule has 6 nitrogen and oxygen atoms in total. The molecule has 2 N–H and O–H groups in total. The molecule has 0 saturated carbocycles. The van der Waals surface area contributed by atoms with E-state index >= 15 is 0 Å². The second kappa shape index (κ2) is 5.20. The lowest BCUT2D eigenvalue weighted by Crippen LogP contribution is -2.35. The predicted molar refractivity (Wildman–Crippen MR) is 62.7 cm³/mol. The van der Waals surface area contributed by atoms with E-state index in [0.717, 1.165) is 5.96 Å². The molecule has 0 saturated heterocycles. The van der Waals surface area contributed by atoms with Gasteiger partial charge in [-0.05, 0) is 12.1 Å². The fourth-order valence-corrected chi connectivity index (χ4v) is 1.28. The van der Waals surface area contributed by atoms with E-state index in [-0.39, 0.29) is 0 Å². The molecule has 1 aromatic heterocycles. The van der Waals surface area contributed by atoms with Crippen molar-refractivity contribution >= 4 is 17.5 Å². The monoisotopic (exact) mass is 221 g/mol. The zero-order valence-electron chi connectivity index (χ0n) is 10.0. The van der Waals surface area contributed by atoms with Gasteiger partial charge in [0, 0.05) is 39.5 Å². The van der Waals surface area contributed by atoms with Crippen LogP contribution in [0.25, 0.3) is 0 Å². The number of rotatable bonds is 2. The second-order valence-corrected chi connectivity index (χ2v) is 3.68. The molecule has 0 bridgehead atoms. The van der Waals surface area contributed by atoms with Crippen molar-refractivity contribution in [2.45, 2.75) is 0 Å². The highest BCUT2D eigenvalue weighted by atomic mass is 15.3. The Morgan fingerprint density at radius 2 is 1.88 bits per heavy atom. The van der Waals surface area contributed by atoms with E-state index in [1.807, 2.05) is 44.1 Å². The molecule has 16 heavy (non-hydrogen) atoms. The lowest BCUT2D eigenvalue weighted by atomic mass is 10.4. The molecule has 1 aromatic rings. The molecular weight excluding hydrogens is 204 g/mol. The summed E-state index contributed by atoms with van der Waals surface area (Å²) in [7, 11) is 7.70. The van der Waals surface area contributed by atoms with Gasteiger partial charge in [0.2, 0.25) is 11.8 Å². The summed E-state index contributed by atoms with van der Waals surface area (Å²) in [5, 5.41) is 3.59. The normalized spacial score (nSPS) is 9.50. The van der Waals surface area contributed by atoms with Gasteiger partial charge < -0.3 is 9.80 Å². The molecular formula is C10H17N6+. The Kier molecular flexibility index (Phi) is 3.93. The van der Waals surface area contributed by atoms with Crippen molar-refractivity contribution in [1.29, 1.82) is 0 Å². The number of hydrogen-bond acceptors (Lipinski definition) is 3. The third-order valence-corrected chi connectivity index (χ3v) is 1.91. The minimum atomic E-state index is 0.434.